The van der Waals surface area contributed by atoms with E-state index in [1.165, 1.54) is 18.6 Å². The summed E-state index contributed by atoms with van der Waals surface area (Å²) in [6.07, 6.45) is 5.80. The fraction of sp³-hybridized carbons (Fsp3) is 0.917. The minimum atomic E-state index is -0.680. The number of carbonyl (C=O) groups is 1. The van der Waals surface area contributed by atoms with Crippen molar-refractivity contribution < 1.29 is 14.6 Å². The number of carboxylic acids is 1. The minimum Gasteiger partial charge on any atom is -0.481 e. The van der Waals surface area contributed by atoms with Gasteiger partial charge in [0.05, 0.1) is 0 Å². The van der Waals surface area contributed by atoms with Gasteiger partial charge in [0, 0.05) is 19.6 Å². The molecule has 0 aliphatic rings. The predicted octanol–water partition coefficient (Wildman–Crippen LogP) is 3.18. The van der Waals surface area contributed by atoms with Crippen LogP contribution in [0.4, 0.5) is 0 Å². The molecule has 0 unspecified atom stereocenters. The summed E-state index contributed by atoms with van der Waals surface area (Å²) in [5.74, 6) is 1.61. The van der Waals surface area contributed by atoms with Crippen molar-refractivity contribution in [2.75, 3.05) is 24.7 Å². The van der Waals surface area contributed by atoms with Gasteiger partial charge in [0.15, 0.2) is 0 Å². The van der Waals surface area contributed by atoms with Crippen LogP contribution in [0.25, 0.3) is 0 Å². The lowest BCUT2D eigenvalue weighted by Crippen LogP contribution is -1.95. The highest BCUT2D eigenvalue weighted by Gasteiger charge is 1.96. The molecule has 0 saturated heterocycles. The van der Waals surface area contributed by atoms with Gasteiger partial charge in [0.1, 0.15) is 0 Å². The summed E-state index contributed by atoms with van der Waals surface area (Å²) in [4.78, 5) is 10.2. The fourth-order valence-corrected chi connectivity index (χ4v) is 2.33. The van der Waals surface area contributed by atoms with Gasteiger partial charge >= 0.3 is 5.97 Å². The van der Waals surface area contributed by atoms with Crippen LogP contribution in [-0.2, 0) is 9.53 Å². The zero-order valence-corrected chi connectivity index (χ0v) is 11.1. The van der Waals surface area contributed by atoms with Gasteiger partial charge in [0.25, 0.3) is 0 Å². The van der Waals surface area contributed by atoms with Crippen LogP contribution in [0.3, 0.4) is 0 Å². The van der Waals surface area contributed by atoms with Crippen molar-refractivity contribution in [3.63, 3.8) is 0 Å². The van der Waals surface area contributed by atoms with Gasteiger partial charge in [0.2, 0.25) is 0 Å². The van der Waals surface area contributed by atoms with E-state index in [0.29, 0.717) is 6.42 Å². The maximum absolute atomic E-state index is 10.2. The molecule has 0 atom stereocenters. The summed E-state index contributed by atoms with van der Waals surface area (Å²) in [7, 11) is 0. The first kappa shape index (κ1) is 15.8. The topological polar surface area (TPSA) is 46.5 Å². The normalized spacial score (nSPS) is 10.6. The van der Waals surface area contributed by atoms with E-state index in [2.05, 4.69) is 0 Å². The zero-order chi connectivity index (χ0) is 12.1. The number of rotatable bonds is 12. The zero-order valence-electron chi connectivity index (χ0n) is 10.2. The second-order valence-electron chi connectivity index (χ2n) is 3.72. The Balaban J connectivity index is 2.90. The first-order valence-corrected chi connectivity index (χ1v) is 7.30. The third-order valence-electron chi connectivity index (χ3n) is 2.21. The smallest absolute Gasteiger partial charge is 0.303 e. The average molecular weight is 248 g/mol. The minimum absolute atomic E-state index is 0.314. The molecule has 96 valence electrons. The summed E-state index contributed by atoms with van der Waals surface area (Å²) in [6.45, 7) is 3.73. The van der Waals surface area contributed by atoms with E-state index >= 15 is 0 Å². The second kappa shape index (κ2) is 12.8. The molecule has 1 N–H and O–H groups in total. The largest absolute Gasteiger partial charge is 0.481 e. The highest BCUT2D eigenvalue weighted by Crippen LogP contribution is 2.09. The summed E-state index contributed by atoms with van der Waals surface area (Å²) >= 11 is 1.93. The van der Waals surface area contributed by atoms with Crippen LogP contribution < -0.4 is 0 Å². The molecule has 0 aliphatic carbocycles. The summed E-state index contributed by atoms with van der Waals surface area (Å²) < 4.78 is 5.25. The van der Waals surface area contributed by atoms with Gasteiger partial charge in [-0.2, -0.15) is 11.8 Å². The number of thioether (sulfide) groups is 1. The molecule has 0 amide bonds. The van der Waals surface area contributed by atoms with Crippen molar-refractivity contribution in [3.8, 4) is 0 Å². The Labute approximate surface area is 103 Å². The molecule has 0 radical (unpaired) electrons. The standard InChI is InChI=1S/C12H24O3S/c1-2-15-9-5-3-6-10-16-11-7-4-8-12(13)14/h2-11H2,1H3,(H,13,14). The van der Waals surface area contributed by atoms with Gasteiger partial charge in [-0.3, -0.25) is 4.79 Å². The molecule has 0 aromatic carbocycles. The fourth-order valence-electron chi connectivity index (χ4n) is 1.31. The van der Waals surface area contributed by atoms with Crippen LogP contribution in [-0.4, -0.2) is 35.8 Å². The molecule has 0 bridgehead atoms. The van der Waals surface area contributed by atoms with Gasteiger partial charge in [-0.05, 0) is 44.1 Å². The number of ether oxygens (including phenoxy) is 1. The van der Waals surface area contributed by atoms with Crippen LogP contribution in [0.2, 0.25) is 0 Å². The van der Waals surface area contributed by atoms with Gasteiger partial charge in [-0.1, -0.05) is 6.42 Å². The maximum atomic E-state index is 10.2. The van der Waals surface area contributed by atoms with Crippen LogP contribution in [0, 0.1) is 0 Å². The van der Waals surface area contributed by atoms with E-state index in [0.717, 1.165) is 38.2 Å². The van der Waals surface area contributed by atoms with E-state index in [9.17, 15) is 4.79 Å². The molecule has 3 nitrogen and oxygen atoms in total. The highest BCUT2D eigenvalue weighted by atomic mass is 32.2. The van der Waals surface area contributed by atoms with Gasteiger partial charge in [-0.25, -0.2) is 0 Å². The van der Waals surface area contributed by atoms with Crippen LogP contribution in [0.1, 0.15) is 45.4 Å². The SMILES string of the molecule is CCOCCCCCSCCCCC(=O)O. The number of hydrogen-bond donors (Lipinski definition) is 1. The van der Waals surface area contributed by atoms with E-state index in [1.807, 2.05) is 18.7 Å². The highest BCUT2D eigenvalue weighted by molar-refractivity contribution is 7.99. The maximum Gasteiger partial charge on any atom is 0.303 e. The Bertz CT molecular complexity index is 162. The number of aliphatic carboxylic acids is 1. The average Bonchev–Trinajstić information content (AvgIpc) is 2.25. The Hall–Kier alpha value is -0.220. The first-order chi connectivity index (χ1) is 7.77. The van der Waals surface area contributed by atoms with Crippen LogP contribution >= 0.6 is 11.8 Å². The number of unbranched alkanes of at least 4 members (excludes halogenated alkanes) is 3. The van der Waals surface area contributed by atoms with Crippen molar-refractivity contribution in [1.82, 2.24) is 0 Å². The van der Waals surface area contributed by atoms with E-state index in [4.69, 9.17) is 9.84 Å². The predicted molar refractivity (Wildman–Crippen MR) is 69.2 cm³/mol. The molecule has 0 saturated carbocycles. The van der Waals surface area contributed by atoms with Crippen molar-refractivity contribution in [1.29, 1.82) is 0 Å². The molecule has 0 aliphatic heterocycles. The number of carboxylic acid groups (broad SMARTS) is 1. The molecule has 0 rings (SSSR count). The van der Waals surface area contributed by atoms with E-state index < -0.39 is 5.97 Å². The Morgan fingerprint density at radius 2 is 1.81 bits per heavy atom. The van der Waals surface area contributed by atoms with Crippen molar-refractivity contribution in [3.05, 3.63) is 0 Å². The molecular formula is C12H24O3S. The third kappa shape index (κ3) is 13.8. The monoisotopic (exact) mass is 248 g/mol. The third-order valence-corrected chi connectivity index (χ3v) is 3.37. The first-order valence-electron chi connectivity index (χ1n) is 6.14. The molecular weight excluding hydrogens is 224 g/mol. The van der Waals surface area contributed by atoms with E-state index in [-0.39, 0.29) is 0 Å². The molecule has 16 heavy (non-hydrogen) atoms. The van der Waals surface area contributed by atoms with Crippen LogP contribution in [0.5, 0.6) is 0 Å². The summed E-state index contributed by atoms with van der Waals surface area (Å²) in [5.41, 5.74) is 0. The molecule has 0 aromatic rings. The molecule has 0 heterocycles. The van der Waals surface area contributed by atoms with Crippen molar-refractivity contribution >= 4 is 17.7 Å². The molecule has 0 aromatic heterocycles. The Morgan fingerprint density at radius 1 is 1.12 bits per heavy atom. The Kier molecular flexibility index (Phi) is 12.7. The summed E-state index contributed by atoms with van der Waals surface area (Å²) in [5, 5.41) is 8.44. The van der Waals surface area contributed by atoms with Gasteiger partial charge in [-0.15, -0.1) is 0 Å². The quantitative estimate of drug-likeness (QED) is 0.539. The molecule has 0 fully saturated rings. The molecule has 0 spiro atoms. The van der Waals surface area contributed by atoms with Crippen molar-refractivity contribution in [2.24, 2.45) is 0 Å². The molecule has 4 heteroatoms. The van der Waals surface area contributed by atoms with Crippen molar-refractivity contribution in [2.45, 2.75) is 45.4 Å². The Morgan fingerprint density at radius 3 is 2.44 bits per heavy atom. The lowest BCUT2D eigenvalue weighted by Gasteiger charge is -2.02. The van der Waals surface area contributed by atoms with Crippen LogP contribution in [0.15, 0.2) is 0 Å². The van der Waals surface area contributed by atoms with E-state index in [1.54, 1.807) is 0 Å². The van der Waals surface area contributed by atoms with Gasteiger partial charge < -0.3 is 9.84 Å². The lowest BCUT2D eigenvalue weighted by molar-refractivity contribution is -0.137. The number of hydrogen-bond acceptors (Lipinski definition) is 3. The second-order valence-corrected chi connectivity index (χ2v) is 4.95. The summed E-state index contributed by atoms with van der Waals surface area (Å²) in [6, 6.07) is 0. The lowest BCUT2D eigenvalue weighted by atomic mass is 10.2.